The summed E-state index contributed by atoms with van der Waals surface area (Å²) in [5.74, 6) is -1.75. The maximum Gasteiger partial charge on any atom is 0.338 e. The molecule has 0 saturated heterocycles. The Hall–Kier alpha value is -2.67. The normalized spacial score (nSPS) is 11.6. The van der Waals surface area contributed by atoms with Gasteiger partial charge in [0.15, 0.2) is 6.10 Å². The van der Waals surface area contributed by atoms with Crippen LogP contribution in [0.1, 0.15) is 33.2 Å². The zero-order valence-corrected chi connectivity index (χ0v) is 13.5. The maximum absolute atomic E-state index is 12.1. The van der Waals surface area contributed by atoms with Gasteiger partial charge >= 0.3 is 5.97 Å². The van der Waals surface area contributed by atoms with Crippen LogP contribution in [0.5, 0.6) is 0 Å². The molecule has 6 nitrogen and oxygen atoms in total. The molecule has 0 saturated carbocycles. The summed E-state index contributed by atoms with van der Waals surface area (Å²) in [4.78, 5) is 35.3. The lowest BCUT2D eigenvalue weighted by atomic mass is 10.1. The molecular formula is C16H16N2O4S. The van der Waals surface area contributed by atoms with Crippen LogP contribution in [-0.2, 0) is 9.53 Å². The molecule has 120 valence electrons. The van der Waals surface area contributed by atoms with E-state index in [0.717, 1.165) is 5.56 Å². The van der Waals surface area contributed by atoms with Crippen LogP contribution in [-0.4, -0.2) is 23.9 Å². The smallest absolute Gasteiger partial charge is 0.338 e. The minimum Gasteiger partial charge on any atom is -0.449 e. The van der Waals surface area contributed by atoms with Gasteiger partial charge in [0.05, 0.1) is 11.1 Å². The second kappa shape index (κ2) is 7.06. The highest BCUT2D eigenvalue weighted by atomic mass is 32.1. The van der Waals surface area contributed by atoms with E-state index >= 15 is 0 Å². The van der Waals surface area contributed by atoms with Crippen LogP contribution >= 0.6 is 11.3 Å². The molecule has 1 aromatic heterocycles. The van der Waals surface area contributed by atoms with Crippen LogP contribution in [0, 0.1) is 6.92 Å². The molecule has 2 rings (SSSR count). The van der Waals surface area contributed by atoms with E-state index in [-0.39, 0.29) is 5.56 Å². The minimum absolute atomic E-state index is 0.223. The second-order valence-electron chi connectivity index (χ2n) is 4.93. The zero-order valence-electron chi connectivity index (χ0n) is 12.7. The van der Waals surface area contributed by atoms with Gasteiger partial charge in [-0.25, -0.2) is 4.79 Å². The van der Waals surface area contributed by atoms with Gasteiger partial charge in [0.1, 0.15) is 5.00 Å². The first-order valence-electron chi connectivity index (χ1n) is 6.84. The van der Waals surface area contributed by atoms with Crippen molar-refractivity contribution in [2.75, 3.05) is 5.32 Å². The fourth-order valence-corrected chi connectivity index (χ4v) is 2.58. The van der Waals surface area contributed by atoms with Crippen LogP contribution in [0.25, 0.3) is 0 Å². The summed E-state index contributed by atoms with van der Waals surface area (Å²) in [5.41, 5.74) is 6.82. The van der Waals surface area contributed by atoms with Gasteiger partial charge < -0.3 is 15.8 Å². The van der Waals surface area contributed by atoms with Gasteiger partial charge in [0.2, 0.25) is 0 Å². The summed E-state index contributed by atoms with van der Waals surface area (Å²) in [5, 5.41) is 4.51. The third kappa shape index (κ3) is 4.17. The number of carbonyl (C=O) groups is 3. The molecule has 0 radical (unpaired) electrons. The van der Waals surface area contributed by atoms with E-state index in [2.05, 4.69) is 5.32 Å². The van der Waals surface area contributed by atoms with E-state index in [9.17, 15) is 14.4 Å². The predicted octanol–water partition coefficient (Wildman–Crippen LogP) is 2.34. The Morgan fingerprint density at radius 3 is 2.43 bits per heavy atom. The number of ether oxygens (including phenoxy) is 1. The number of hydrogen-bond donors (Lipinski definition) is 2. The highest BCUT2D eigenvalue weighted by Gasteiger charge is 2.21. The number of nitrogens with two attached hydrogens (primary N) is 1. The first-order chi connectivity index (χ1) is 10.9. The molecule has 0 aliphatic carbocycles. The average molecular weight is 332 g/mol. The van der Waals surface area contributed by atoms with Crippen molar-refractivity contribution in [1.82, 2.24) is 0 Å². The molecule has 23 heavy (non-hydrogen) atoms. The van der Waals surface area contributed by atoms with Crippen molar-refractivity contribution in [3.8, 4) is 0 Å². The number of rotatable bonds is 5. The predicted molar refractivity (Wildman–Crippen MR) is 87.5 cm³/mol. The lowest BCUT2D eigenvalue weighted by Crippen LogP contribution is -2.30. The minimum atomic E-state index is -1.01. The number of thiophene rings is 1. The standard InChI is InChI=1S/C16H16N2O4S/c1-9-3-5-11(6-4-9)16(21)22-10(2)14(20)18-15-12(13(17)19)7-8-23-15/h3-8,10H,1-2H3,(H2,17,19)(H,18,20). The third-order valence-electron chi connectivity index (χ3n) is 3.11. The highest BCUT2D eigenvalue weighted by molar-refractivity contribution is 7.14. The first kappa shape index (κ1) is 16.7. The number of hydrogen-bond acceptors (Lipinski definition) is 5. The Kier molecular flexibility index (Phi) is 5.13. The maximum atomic E-state index is 12.1. The highest BCUT2D eigenvalue weighted by Crippen LogP contribution is 2.23. The second-order valence-corrected chi connectivity index (χ2v) is 5.85. The van der Waals surface area contributed by atoms with Crippen molar-refractivity contribution in [3.05, 3.63) is 52.4 Å². The summed E-state index contributed by atoms with van der Waals surface area (Å²) in [6.45, 7) is 3.36. The number of amides is 2. The number of esters is 1. The molecule has 0 fully saturated rings. The Bertz CT molecular complexity index is 737. The summed E-state index contributed by atoms with van der Waals surface area (Å²) in [7, 11) is 0. The Balaban J connectivity index is 1.99. The van der Waals surface area contributed by atoms with Gasteiger partial charge in [0, 0.05) is 0 Å². The Morgan fingerprint density at radius 1 is 1.17 bits per heavy atom. The van der Waals surface area contributed by atoms with Crippen LogP contribution in [0.4, 0.5) is 5.00 Å². The van der Waals surface area contributed by atoms with Crippen molar-refractivity contribution in [1.29, 1.82) is 0 Å². The van der Waals surface area contributed by atoms with E-state index in [1.165, 1.54) is 24.3 Å². The molecule has 1 aromatic carbocycles. The first-order valence-corrected chi connectivity index (χ1v) is 7.72. The summed E-state index contributed by atoms with van der Waals surface area (Å²) in [6, 6.07) is 8.35. The van der Waals surface area contributed by atoms with Gasteiger partial charge in [-0.2, -0.15) is 0 Å². The molecule has 3 N–H and O–H groups in total. The number of aryl methyl sites for hydroxylation is 1. The number of nitrogens with one attached hydrogen (secondary N) is 1. The van der Waals surface area contributed by atoms with Gasteiger partial charge in [-0.15, -0.1) is 11.3 Å². The molecular weight excluding hydrogens is 316 g/mol. The fourth-order valence-electron chi connectivity index (χ4n) is 1.79. The number of benzene rings is 1. The molecule has 0 spiro atoms. The molecule has 1 heterocycles. The number of primary amides is 1. The van der Waals surface area contributed by atoms with E-state index < -0.39 is 23.9 Å². The van der Waals surface area contributed by atoms with Crippen LogP contribution in [0.15, 0.2) is 35.7 Å². The molecule has 2 aromatic rings. The molecule has 1 unspecified atom stereocenters. The topological polar surface area (TPSA) is 98.5 Å². The lowest BCUT2D eigenvalue weighted by Gasteiger charge is -2.13. The number of anilines is 1. The molecule has 2 amide bonds. The van der Waals surface area contributed by atoms with Crippen molar-refractivity contribution in [2.24, 2.45) is 5.73 Å². The SMILES string of the molecule is Cc1ccc(C(=O)OC(C)C(=O)Nc2sccc2C(N)=O)cc1. The fraction of sp³-hybridized carbons (Fsp3) is 0.188. The van der Waals surface area contributed by atoms with Gasteiger partial charge in [0.25, 0.3) is 11.8 Å². The summed E-state index contributed by atoms with van der Waals surface area (Å²) < 4.78 is 5.12. The van der Waals surface area contributed by atoms with E-state index in [1.54, 1.807) is 29.6 Å². The van der Waals surface area contributed by atoms with Gasteiger partial charge in [-0.1, -0.05) is 17.7 Å². The van der Waals surface area contributed by atoms with Crippen LogP contribution in [0.3, 0.4) is 0 Å². The quantitative estimate of drug-likeness (QED) is 0.821. The van der Waals surface area contributed by atoms with Crippen molar-refractivity contribution in [3.63, 3.8) is 0 Å². The zero-order chi connectivity index (χ0) is 17.0. The van der Waals surface area contributed by atoms with E-state index in [4.69, 9.17) is 10.5 Å². The Morgan fingerprint density at radius 2 is 1.83 bits per heavy atom. The Labute approximate surface area is 137 Å². The van der Waals surface area contributed by atoms with Crippen molar-refractivity contribution < 1.29 is 19.1 Å². The van der Waals surface area contributed by atoms with Gasteiger partial charge in [-0.3, -0.25) is 9.59 Å². The third-order valence-corrected chi connectivity index (χ3v) is 3.94. The van der Waals surface area contributed by atoms with Gasteiger partial charge in [-0.05, 0) is 37.4 Å². The van der Waals surface area contributed by atoms with E-state index in [1.807, 2.05) is 6.92 Å². The van der Waals surface area contributed by atoms with E-state index in [0.29, 0.717) is 10.6 Å². The molecule has 7 heteroatoms. The largest absolute Gasteiger partial charge is 0.449 e. The van der Waals surface area contributed by atoms with Crippen molar-refractivity contribution in [2.45, 2.75) is 20.0 Å². The van der Waals surface area contributed by atoms with Crippen molar-refractivity contribution >= 4 is 34.1 Å². The number of carbonyl (C=O) groups excluding carboxylic acids is 3. The summed E-state index contributed by atoms with van der Waals surface area (Å²) >= 11 is 1.17. The molecule has 0 aliphatic heterocycles. The van der Waals surface area contributed by atoms with Crippen LogP contribution in [0.2, 0.25) is 0 Å². The summed E-state index contributed by atoms with van der Waals surface area (Å²) in [6.07, 6.45) is -1.01. The van der Waals surface area contributed by atoms with Crippen LogP contribution < -0.4 is 11.1 Å². The molecule has 0 bridgehead atoms. The monoisotopic (exact) mass is 332 g/mol. The average Bonchev–Trinajstić information content (AvgIpc) is 2.96. The lowest BCUT2D eigenvalue weighted by molar-refractivity contribution is -0.123. The molecule has 0 aliphatic rings. The molecule has 1 atom stereocenters.